The van der Waals surface area contributed by atoms with E-state index in [9.17, 15) is 9.59 Å². The lowest BCUT2D eigenvalue weighted by molar-refractivity contribution is -0.107. The molecule has 0 fully saturated rings. The molecule has 4 heteroatoms. The van der Waals surface area contributed by atoms with Crippen molar-refractivity contribution < 1.29 is 14.3 Å². The molecule has 108 valence electrons. The Morgan fingerprint density at radius 1 is 1.05 bits per heavy atom. The van der Waals surface area contributed by atoms with Gasteiger partial charge in [-0.15, -0.1) is 0 Å². The zero-order valence-corrected chi connectivity index (χ0v) is 12.1. The Labute approximate surface area is 124 Å². The summed E-state index contributed by atoms with van der Waals surface area (Å²) in [5, 5.41) is 0. The van der Waals surface area contributed by atoms with Crippen molar-refractivity contribution in [3.05, 3.63) is 59.7 Å². The van der Waals surface area contributed by atoms with Crippen molar-refractivity contribution in [1.82, 2.24) is 0 Å². The van der Waals surface area contributed by atoms with Gasteiger partial charge in [-0.3, -0.25) is 9.59 Å². The SMILES string of the molecule is CCOc1ccc(C(=O)c2ccc(N(C)C=O)cc2)cc1. The van der Waals surface area contributed by atoms with Crippen molar-refractivity contribution >= 4 is 17.9 Å². The molecule has 0 N–H and O–H groups in total. The summed E-state index contributed by atoms with van der Waals surface area (Å²) in [6.07, 6.45) is 0.725. The molecule has 0 unspecified atom stereocenters. The number of anilines is 1. The first-order valence-corrected chi connectivity index (χ1v) is 6.71. The lowest BCUT2D eigenvalue weighted by Crippen LogP contribution is -2.13. The zero-order valence-electron chi connectivity index (χ0n) is 12.1. The molecule has 0 aliphatic carbocycles. The van der Waals surface area contributed by atoms with E-state index in [1.807, 2.05) is 6.92 Å². The van der Waals surface area contributed by atoms with Crippen molar-refractivity contribution in [3.63, 3.8) is 0 Å². The molecule has 2 aromatic carbocycles. The predicted octanol–water partition coefficient (Wildman–Crippen LogP) is 2.91. The van der Waals surface area contributed by atoms with Crippen LogP contribution in [0.15, 0.2) is 48.5 Å². The Bertz CT molecular complexity index is 617. The Kier molecular flexibility index (Phi) is 4.72. The van der Waals surface area contributed by atoms with E-state index in [4.69, 9.17) is 4.74 Å². The second kappa shape index (κ2) is 6.70. The summed E-state index contributed by atoms with van der Waals surface area (Å²) >= 11 is 0. The number of ketones is 1. The van der Waals surface area contributed by atoms with Crippen LogP contribution >= 0.6 is 0 Å². The highest BCUT2D eigenvalue weighted by atomic mass is 16.5. The average molecular weight is 283 g/mol. The van der Waals surface area contributed by atoms with Crippen molar-refractivity contribution in [2.24, 2.45) is 0 Å². The topological polar surface area (TPSA) is 46.6 Å². The van der Waals surface area contributed by atoms with Gasteiger partial charge in [0.25, 0.3) is 0 Å². The van der Waals surface area contributed by atoms with Crippen LogP contribution in [0.25, 0.3) is 0 Å². The van der Waals surface area contributed by atoms with E-state index in [0.29, 0.717) is 17.7 Å². The number of benzene rings is 2. The van der Waals surface area contributed by atoms with Crippen LogP contribution in [0.5, 0.6) is 5.75 Å². The molecule has 0 aliphatic rings. The normalized spacial score (nSPS) is 10.0. The highest BCUT2D eigenvalue weighted by molar-refractivity contribution is 6.09. The van der Waals surface area contributed by atoms with Crippen LogP contribution in [0.4, 0.5) is 5.69 Å². The van der Waals surface area contributed by atoms with E-state index >= 15 is 0 Å². The van der Waals surface area contributed by atoms with E-state index in [2.05, 4.69) is 0 Å². The van der Waals surface area contributed by atoms with Gasteiger partial charge in [-0.05, 0) is 55.5 Å². The van der Waals surface area contributed by atoms with Gasteiger partial charge in [0.15, 0.2) is 5.78 Å². The minimum atomic E-state index is -0.0571. The van der Waals surface area contributed by atoms with Crippen LogP contribution in [-0.4, -0.2) is 25.8 Å². The third-order valence-corrected chi connectivity index (χ3v) is 3.12. The summed E-state index contributed by atoms with van der Waals surface area (Å²) in [5.41, 5.74) is 1.94. The molecule has 2 aromatic rings. The molecule has 0 bridgehead atoms. The number of nitrogens with zero attached hydrogens (tertiary/aromatic N) is 1. The molecule has 0 saturated carbocycles. The maximum absolute atomic E-state index is 12.3. The highest BCUT2D eigenvalue weighted by Gasteiger charge is 2.09. The average Bonchev–Trinajstić information content (AvgIpc) is 2.54. The second-order valence-electron chi connectivity index (χ2n) is 4.55. The van der Waals surface area contributed by atoms with Crippen LogP contribution in [0, 0.1) is 0 Å². The molecular weight excluding hydrogens is 266 g/mol. The summed E-state index contributed by atoms with van der Waals surface area (Å²) in [6.45, 7) is 2.51. The third-order valence-electron chi connectivity index (χ3n) is 3.12. The Hall–Kier alpha value is -2.62. The lowest BCUT2D eigenvalue weighted by Gasteiger charge is -2.11. The van der Waals surface area contributed by atoms with Crippen LogP contribution < -0.4 is 9.64 Å². The largest absolute Gasteiger partial charge is 0.494 e. The van der Waals surface area contributed by atoms with Crippen molar-refractivity contribution in [2.45, 2.75) is 6.92 Å². The number of carbonyl (C=O) groups excluding carboxylic acids is 2. The van der Waals surface area contributed by atoms with Gasteiger partial charge in [0.2, 0.25) is 6.41 Å². The molecule has 4 nitrogen and oxygen atoms in total. The van der Waals surface area contributed by atoms with E-state index in [1.54, 1.807) is 55.6 Å². The van der Waals surface area contributed by atoms with Gasteiger partial charge >= 0.3 is 0 Å². The summed E-state index contributed by atoms with van der Waals surface area (Å²) in [6, 6.07) is 14.0. The molecule has 21 heavy (non-hydrogen) atoms. The monoisotopic (exact) mass is 283 g/mol. The van der Waals surface area contributed by atoms with E-state index in [1.165, 1.54) is 4.90 Å². The summed E-state index contributed by atoms with van der Waals surface area (Å²) in [7, 11) is 1.66. The minimum Gasteiger partial charge on any atom is -0.494 e. The molecule has 0 atom stereocenters. The van der Waals surface area contributed by atoms with Gasteiger partial charge < -0.3 is 9.64 Å². The van der Waals surface area contributed by atoms with Gasteiger partial charge in [-0.2, -0.15) is 0 Å². The second-order valence-corrected chi connectivity index (χ2v) is 4.55. The molecule has 0 aromatic heterocycles. The van der Waals surface area contributed by atoms with Gasteiger partial charge in [0.05, 0.1) is 6.61 Å². The Morgan fingerprint density at radius 2 is 1.57 bits per heavy atom. The number of amides is 1. The molecule has 0 saturated heterocycles. The Balaban J connectivity index is 2.17. The molecule has 1 amide bonds. The number of carbonyl (C=O) groups is 2. The van der Waals surface area contributed by atoms with Gasteiger partial charge in [-0.1, -0.05) is 0 Å². The third kappa shape index (κ3) is 3.48. The lowest BCUT2D eigenvalue weighted by atomic mass is 10.0. The maximum Gasteiger partial charge on any atom is 0.213 e. The summed E-state index contributed by atoms with van der Waals surface area (Å²) < 4.78 is 5.35. The first-order chi connectivity index (χ1) is 10.2. The Morgan fingerprint density at radius 3 is 2.05 bits per heavy atom. The van der Waals surface area contributed by atoms with E-state index in [0.717, 1.165) is 17.8 Å². The summed E-state index contributed by atoms with van der Waals surface area (Å²) in [5.74, 6) is 0.690. The summed E-state index contributed by atoms with van der Waals surface area (Å²) in [4.78, 5) is 24.5. The van der Waals surface area contributed by atoms with Gasteiger partial charge in [0, 0.05) is 23.9 Å². The quantitative estimate of drug-likeness (QED) is 0.605. The highest BCUT2D eigenvalue weighted by Crippen LogP contribution is 2.18. The predicted molar refractivity (Wildman–Crippen MR) is 82.0 cm³/mol. The first-order valence-electron chi connectivity index (χ1n) is 6.71. The van der Waals surface area contributed by atoms with E-state index < -0.39 is 0 Å². The fourth-order valence-corrected chi connectivity index (χ4v) is 1.94. The minimum absolute atomic E-state index is 0.0571. The van der Waals surface area contributed by atoms with Crippen molar-refractivity contribution in [1.29, 1.82) is 0 Å². The molecule has 2 rings (SSSR count). The van der Waals surface area contributed by atoms with Crippen LogP contribution in [0.3, 0.4) is 0 Å². The van der Waals surface area contributed by atoms with Gasteiger partial charge in [0.1, 0.15) is 5.75 Å². The molecule has 0 aliphatic heterocycles. The number of hydrogen-bond donors (Lipinski definition) is 0. The van der Waals surface area contributed by atoms with Crippen LogP contribution in [0.2, 0.25) is 0 Å². The molecule has 0 spiro atoms. The number of hydrogen-bond acceptors (Lipinski definition) is 3. The fraction of sp³-hybridized carbons (Fsp3) is 0.176. The van der Waals surface area contributed by atoms with Crippen molar-refractivity contribution in [2.75, 3.05) is 18.6 Å². The molecule has 0 radical (unpaired) electrons. The maximum atomic E-state index is 12.3. The number of ether oxygens (including phenoxy) is 1. The fourth-order valence-electron chi connectivity index (χ4n) is 1.94. The van der Waals surface area contributed by atoms with E-state index in [-0.39, 0.29) is 5.78 Å². The first kappa shape index (κ1) is 14.8. The molecular formula is C17H17NO3. The van der Waals surface area contributed by atoms with Crippen LogP contribution in [0.1, 0.15) is 22.8 Å². The smallest absolute Gasteiger partial charge is 0.213 e. The van der Waals surface area contributed by atoms with Crippen molar-refractivity contribution in [3.8, 4) is 5.75 Å². The van der Waals surface area contributed by atoms with Crippen LogP contribution in [-0.2, 0) is 4.79 Å². The number of rotatable bonds is 6. The molecule has 0 heterocycles. The van der Waals surface area contributed by atoms with Gasteiger partial charge in [-0.25, -0.2) is 0 Å². The zero-order chi connectivity index (χ0) is 15.2. The standard InChI is InChI=1S/C17H17NO3/c1-3-21-16-10-6-14(7-11-16)17(20)13-4-8-15(9-5-13)18(2)12-19/h4-12H,3H2,1-2H3.